The molecule has 1 heterocycles. The maximum absolute atomic E-state index is 11.6. The van der Waals surface area contributed by atoms with Crippen molar-refractivity contribution in [2.24, 2.45) is 5.92 Å². The number of likely N-dealkylation sites (tertiary alicyclic amines) is 1. The molecule has 0 aromatic heterocycles. The standard InChI is InChI=1S/C11H21NO2.C9H13N.C7H8/c1-9-5-7-12(8-6-9)10(13)14-11(2,3)4;1-10(2)8-9-6-4-3-5-7-9;1-7-5-3-2-4-6-7/h9H,5-8H2,1-4H3;3-7H,8H2,1-2H3;2-6H,1H3. The van der Waals surface area contributed by atoms with E-state index in [0.29, 0.717) is 0 Å². The predicted octanol–water partition coefficient (Wildman–Crippen LogP) is 6.40. The average molecular weight is 427 g/mol. The third kappa shape index (κ3) is 13.6. The Morgan fingerprint density at radius 3 is 1.84 bits per heavy atom. The third-order valence-electron chi connectivity index (χ3n) is 4.72. The molecular weight excluding hydrogens is 384 g/mol. The Bertz CT molecular complexity index is 716. The number of hydrogen-bond donors (Lipinski definition) is 0. The summed E-state index contributed by atoms with van der Waals surface area (Å²) in [6, 6.07) is 20.7. The van der Waals surface area contributed by atoms with Crippen LogP contribution in [0.15, 0.2) is 60.7 Å². The van der Waals surface area contributed by atoms with E-state index in [4.69, 9.17) is 4.74 Å². The third-order valence-corrected chi connectivity index (χ3v) is 4.72. The molecule has 0 bridgehead atoms. The van der Waals surface area contributed by atoms with Crippen LogP contribution in [0.2, 0.25) is 0 Å². The summed E-state index contributed by atoms with van der Waals surface area (Å²) < 4.78 is 5.30. The van der Waals surface area contributed by atoms with Crippen LogP contribution < -0.4 is 0 Å². The normalized spacial score (nSPS) is 14.1. The summed E-state index contributed by atoms with van der Waals surface area (Å²) in [6.07, 6.45) is 2.03. The van der Waals surface area contributed by atoms with Gasteiger partial charge in [0, 0.05) is 19.6 Å². The number of piperidine rings is 1. The predicted molar refractivity (Wildman–Crippen MR) is 131 cm³/mol. The van der Waals surface area contributed by atoms with Gasteiger partial charge in [-0.2, -0.15) is 0 Å². The summed E-state index contributed by atoms with van der Waals surface area (Å²) in [6.45, 7) is 12.7. The summed E-state index contributed by atoms with van der Waals surface area (Å²) >= 11 is 0. The number of carbonyl (C=O) groups excluding carboxylic acids is 1. The molecule has 4 heteroatoms. The smallest absolute Gasteiger partial charge is 0.410 e. The van der Waals surface area contributed by atoms with E-state index >= 15 is 0 Å². The lowest BCUT2D eigenvalue weighted by molar-refractivity contribution is 0.0190. The molecule has 1 amide bonds. The van der Waals surface area contributed by atoms with E-state index in [1.807, 2.05) is 49.9 Å². The zero-order valence-electron chi connectivity index (χ0n) is 20.6. The van der Waals surface area contributed by atoms with Crippen LogP contribution in [0.3, 0.4) is 0 Å². The minimum atomic E-state index is -0.375. The van der Waals surface area contributed by atoms with Gasteiger partial charge in [0.25, 0.3) is 0 Å². The highest BCUT2D eigenvalue weighted by molar-refractivity contribution is 5.68. The lowest BCUT2D eigenvalue weighted by Gasteiger charge is -2.32. The Kier molecular flexibility index (Phi) is 11.9. The highest BCUT2D eigenvalue weighted by Gasteiger charge is 2.25. The van der Waals surface area contributed by atoms with Crippen LogP contribution in [0.4, 0.5) is 4.79 Å². The number of nitrogens with zero attached hydrogens (tertiary/aromatic N) is 2. The van der Waals surface area contributed by atoms with E-state index < -0.39 is 0 Å². The molecular formula is C27H42N2O2. The summed E-state index contributed by atoms with van der Waals surface area (Å²) in [4.78, 5) is 15.6. The first-order valence-electron chi connectivity index (χ1n) is 11.2. The monoisotopic (exact) mass is 426 g/mol. The number of ether oxygens (including phenoxy) is 1. The van der Waals surface area contributed by atoms with Crippen molar-refractivity contribution in [3.63, 3.8) is 0 Å². The van der Waals surface area contributed by atoms with E-state index in [-0.39, 0.29) is 11.7 Å². The van der Waals surface area contributed by atoms with Gasteiger partial charge in [-0.25, -0.2) is 4.79 Å². The molecule has 0 aliphatic carbocycles. The molecule has 0 unspecified atom stereocenters. The van der Waals surface area contributed by atoms with Gasteiger partial charge in [0.05, 0.1) is 0 Å². The molecule has 0 saturated carbocycles. The molecule has 0 N–H and O–H groups in total. The zero-order valence-corrected chi connectivity index (χ0v) is 20.6. The van der Waals surface area contributed by atoms with Crippen LogP contribution >= 0.6 is 0 Å². The van der Waals surface area contributed by atoms with Gasteiger partial charge in [-0.1, -0.05) is 73.2 Å². The van der Waals surface area contributed by atoms with Crippen molar-refractivity contribution in [3.05, 3.63) is 71.8 Å². The maximum Gasteiger partial charge on any atom is 0.410 e. The summed E-state index contributed by atoms with van der Waals surface area (Å²) in [7, 11) is 4.15. The first-order chi connectivity index (χ1) is 14.6. The fraction of sp³-hybridized carbons (Fsp3) is 0.519. The minimum absolute atomic E-state index is 0.163. The Morgan fingerprint density at radius 2 is 1.45 bits per heavy atom. The summed E-state index contributed by atoms with van der Waals surface area (Å²) in [5.74, 6) is 0.744. The first-order valence-corrected chi connectivity index (χ1v) is 11.2. The van der Waals surface area contributed by atoms with Crippen LogP contribution in [-0.4, -0.2) is 48.7 Å². The number of amides is 1. The first kappa shape index (κ1) is 26.7. The van der Waals surface area contributed by atoms with Crippen LogP contribution in [0.1, 0.15) is 51.7 Å². The van der Waals surface area contributed by atoms with Gasteiger partial charge < -0.3 is 14.5 Å². The molecule has 2 aromatic carbocycles. The SMILES string of the molecule is CC1CCN(C(=O)OC(C)(C)C)CC1.CN(C)Cc1ccccc1.Cc1ccccc1. The number of carbonyl (C=O) groups is 1. The Labute approximate surface area is 190 Å². The molecule has 0 atom stereocenters. The van der Waals surface area contributed by atoms with Crippen molar-refractivity contribution >= 4 is 6.09 Å². The summed E-state index contributed by atoms with van der Waals surface area (Å²) in [5.41, 5.74) is 2.31. The molecule has 1 saturated heterocycles. The summed E-state index contributed by atoms with van der Waals surface area (Å²) in [5, 5.41) is 0. The van der Waals surface area contributed by atoms with Crippen molar-refractivity contribution < 1.29 is 9.53 Å². The van der Waals surface area contributed by atoms with E-state index in [1.54, 1.807) is 0 Å². The van der Waals surface area contributed by atoms with Crippen molar-refractivity contribution in [1.82, 2.24) is 9.80 Å². The number of rotatable bonds is 2. The number of aryl methyl sites for hydroxylation is 1. The van der Waals surface area contributed by atoms with Crippen molar-refractivity contribution in [3.8, 4) is 0 Å². The van der Waals surface area contributed by atoms with Crippen molar-refractivity contribution in [2.75, 3.05) is 27.2 Å². The second-order valence-corrected chi connectivity index (χ2v) is 9.53. The van der Waals surface area contributed by atoms with E-state index in [0.717, 1.165) is 38.4 Å². The molecule has 2 aromatic rings. The van der Waals surface area contributed by atoms with Gasteiger partial charge in [0.2, 0.25) is 0 Å². The van der Waals surface area contributed by atoms with Gasteiger partial charge in [-0.05, 0) is 66.1 Å². The van der Waals surface area contributed by atoms with E-state index in [9.17, 15) is 4.79 Å². The second kappa shape index (κ2) is 13.9. The zero-order chi connectivity index (χ0) is 23.3. The number of benzene rings is 2. The largest absolute Gasteiger partial charge is 0.444 e. The lowest BCUT2D eigenvalue weighted by Crippen LogP contribution is -2.41. The minimum Gasteiger partial charge on any atom is -0.444 e. The molecule has 172 valence electrons. The van der Waals surface area contributed by atoms with Crippen LogP contribution in [-0.2, 0) is 11.3 Å². The van der Waals surface area contributed by atoms with Gasteiger partial charge in [-0.15, -0.1) is 0 Å². The van der Waals surface area contributed by atoms with Crippen LogP contribution in [0.25, 0.3) is 0 Å². The Hall–Kier alpha value is -2.33. The van der Waals surface area contributed by atoms with Gasteiger partial charge in [0.15, 0.2) is 0 Å². The van der Waals surface area contributed by atoms with E-state index in [2.05, 4.69) is 69.2 Å². The fourth-order valence-electron chi connectivity index (χ4n) is 3.00. The van der Waals surface area contributed by atoms with Crippen molar-refractivity contribution in [2.45, 2.75) is 59.6 Å². The van der Waals surface area contributed by atoms with E-state index in [1.165, 1.54) is 11.1 Å². The Morgan fingerprint density at radius 1 is 0.968 bits per heavy atom. The topological polar surface area (TPSA) is 32.8 Å². The van der Waals surface area contributed by atoms with Gasteiger partial charge in [-0.3, -0.25) is 0 Å². The second-order valence-electron chi connectivity index (χ2n) is 9.53. The molecule has 31 heavy (non-hydrogen) atoms. The van der Waals surface area contributed by atoms with Crippen LogP contribution in [0.5, 0.6) is 0 Å². The maximum atomic E-state index is 11.6. The molecule has 1 aliphatic rings. The molecule has 3 rings (SSSR count). The molecule has 4 nitrogen and oxygen atoms in total. The molecule has 0 radical (unpaired) electrons. The molecule has 1 aliphatic heterocycles. The highest BCUT2D eigenvalue weighted by Crippen LogP contribution is 2.18. The lowest BCUT2D eigenvalue weighted by atomic mass is 10.00. The molecule has 1 fully saturated rings. The fourth-order valence-corrected chi connectivity index (χ4v) is 3.00. The van der Waals surface area contributed by atoms with Crippen LogP contribution in [0, 0.1) is 12.8 Å². The average Bonchev–Trinajstić information content (AvgIpc) is 2.69. The highest BCUT2D eigenvalue weighted by atomic mass is 16.6. The van der Waals surface area contributed by atoms with Crippen molar-refractivity contribution in [1.29, 1.82) is 0 Å². The van der Waals surface area contributed by atoms with Gasteiger partial charge in [0.1, 0.15) is 5.60 Å². The Balaban J connectivity index is 0.000000247. The number of hydrogen-bond acceptors (Lipinski definition) is 3. The molecule has 0 spiro atoms. The quantitative estimate of drug-likeness (QED) is 0.557. The van der Waals surface area contributed by atoms with Gasteiger partial charge >= 0.3 is 6.09 Å².